The standard InChI is InChI=1S/C21H36O4/c1-4-7-14-18(20(22)24-15-8-5-2)19(17-12-10-11-13-17)21(23)25-16-9-6-3/h17H,4-16H2,1-3H3/b19-18-. The molecule has 1 aliphatic carbocycles. The molecular weight excluding hydrogens is 316 g/mol. The normalized spacial score (nSPS) is 15.8. The molecular formula is C21H36O4. The minimum atomic E-state index is -0.309. The molecule has 0 saturated heterocycles. The molecule has 144 valence electrons. The average molecular weight is 353 g/mol. The Morgan fingerprint density at radius 1 is 0.800 bits per heavy atom. The number of esters is 2. The van der Waals surface area contributed by atoms with Gasteiger partial charge in [-0.05, 0) is 44.4 Å². The molecule has 0 aromatic heterocycles. The Labute approximate surface area is 153 Å². The summed E-state index contributed by atoms with van der Waals surface area (Å²) in [5.41, 5.74) is 1.19. The molecule has 1 aliphatic rings. The van der Waals surface area contributed by atoms with E-state index in [1.54, 1.807) is 0 Å². The molecule has 0 amide bonds. The van der Waals surface area contributed by atoms with Gasteiger partial charge in [-0.25, -0.2) is 9.59 Å². The highest BCUT2D eigenvalue weighted by Gasteiger charge is 2.31. The summed E-state index contributed by atoms with van der Waals surface area (Å²) in [6.07, 6.45) is 10.3. The van der Waals surface area contributed by atoms with Crippen LogP contribution in [-0.4, -0.2) is 25.2 Å². The summed E-state index contributed by atoms with van der Waals surface area (Å²) in [6.45, 7) is 7.08. The second kappa shape index (κ2) is 13.0. The van der Waals surface area contributed by atoms with E-state index in [-0.39, 0.29) is 17.9 Å². The van der Waals surface area contributed by atoms with Crippen LogP contribution in [0.1, 0.15) is 91.4 Å². The second-order valence-electron chi connectivity index (χ2n) is 6.96. The maximum Gasteiger partial charge on any atom is 0.334 e. The fraction of sp³-hybridized carbons (Fsp3) is 0.810. The molecule has 0 bridgehead atoms. The molecule has 1 saturated carbocycles. The highest BCUT2D eigenvalue weighted by atomic mass is 16.5. The van der Waals surface area contributed by atoms with Gasteiger partial charge in [-0.15, -0.1) is 0 Å². The van der Waals surface area contributed by atoms with Crippen molar-refractivity contribution in [2.75, 3.05) is 13.2 Å². The van der Waals surface area contributed by atoms with Gasteiger partial charge in [0.2, 0.25) is 0 Å². The van der Waals surface area contributed by atoms with Crippen LogP contribution >= 0.6 is 0 Å². The first-order valence-corrected chi connectivity index (χ1v) is 10.2. The van der Waals surface area contributed by atoms with Crippen LogP contribution < -0.4 is 0 Å². The lowest BCUT2D eigenvalue weighted by Gasteiger charge is -2.19. The largest absolute Gasteiger partial charge is 0.462 e. The minimum Gasteiger partial charge on any atom is -0.462 e. The van der Waals surface area contributed by atoms with Crippen LogP contribution in [0.25, 0.3) is 0 Å². The maximum absolute atomic E-state index is 12.8. The van der Waals surface area contributed by atoms with Crippen molar-refractivity contribution in [1.29, 1.82) is 0 Å². The zero-order valence-corrected chi connectivity index (χ0v) is 16.4. The molecule has 4 heteroatoms. The van der Waals surface area contributed by atoms with Crippen molar-refractivity contribution in [3.63, 3.8) is 0 Å². The molecule has 4 nitrogen and oxygen atoms in total. The quantitative estimate of drug-likeness (QED) is 0.270. The zero-order valence-electron chi connectivity index (χ0n) is 16.4. The Morgan fingerprint density at radius 3 is 1.84 bits per heavy atom. The predicted molar refractivity (Wildman–Crippen MR) is 100 cm³/mol. The van der Waals surface area contributed by atoms with Gasteiger partial charge in [0.05, 0.1) is 18.8 Å². The summed E-state index contributed by atoms with van der Waals surface area (Å²) in [6, 6.07) is 0. The molecule has 0 aromatic rings. The molecule has 0 heterocycles. The van der Waals surface area contributed by atoms with Crippen molar-refractivity contribution < 1.29 is 19.1 Å². The van der Waals surface area contributed by atoms with Crippen molar-refractivity contribution in [3.8, 4) is 0 Å². The summed E-state index contributed by atoms with van der Waals surface area (Å²) < 4.78 is 10.9. The summed E-state index contributed by atoms with van der Waals surface area (Å²) >= 11 is 0. The smallest absolute Gasteiger partial charge is 0.334 e. The molecule has 0 aromatic carbocycles. The number of unbranched alkanes of at least 4 members (excludes halogenated alkanes) is 3. The SMILES string of the molecule is CCCCOC(=O)/C(CCCC)=C(\C(=O)OCCCC)C1CCCC1. The molecule has 1 rings (SSSR count). The van der Waals surface area contributed by atoms with Crippen LogP contribution in [0.15, 0.2) is 11.1 Å². The van der Waals surface area contributed by atoms with Crippen molar-refractivity contribution in [2.45, 2.75) is 91.4 Å². The van der Waals surface area contributed by atoms with E-state index in [9.17, 15) is 9.59 Å². The maximum atomic E-state index is 12.8. The number of carbonyl (C=O) groups excluding carboxylic acids is 2. The van der Waals surface area contributed by atoms with E-state index in [4.69, 9.17) is 9.47 Å². The highest BCUT2D eigenvalue weighted by Crippen LogP contribution is 2.35. The molecule has 0 N–H and O–H groups in total. The molecule has 25 heavy (non-hydrogen) atoms. The topological polar surface area (TPSA) is 52.6 Å². The third kappa shape index (κ3) is 7.62. The molecule has 0 spiro atoms. The fourth-order valence-electron chi connectivity index (χ4n) is 3.23. The van der Waals surface area contributed by atoms with Gasteiger partial charge in [-0.2, -0.15) is 0 Å². The van der Waals surface area contributed by atoms with Gasteiger partial charge in [0.1, 0.15) is 0 Å². The van der Waals surface area contributed by atoms with E-state index in [0.717, 1.165) is 64.2 Å². The van der Waals surface area contributed by atoms with Crippen LogP contribution in [0.5, 0.6) is 0 Å². The number of carbonyl (C=O) groups is 2. The molecule has 0 radical (unpaired) electrons. The Kier molecular flexibility index (Phi) is 11.3. The first-order valence-electron chi connectivity index (χ1n) is 10.2. The van der Waals surface area contributed by atoms with Gasteiger partial charge in [0.15, 0.2) is 0 Å². The summed E-state index contributed by atoms with van der Waals surface area (Å²) in [7, 11) is 0. The molecule has 0 aliphatic heterocycles. The Balaban J connectivity index is 3.02. The average Bonchev–Trinajstić information content (AvgIpc) is 3.12. The van der Waals surface area contributed by atoms with Crippen molar-refractivity contribution >= 4 is 11.9 Å². The Hall–Kier alpha value is -1.32. The van der Waals surface area contributed by atoms with Crippen molar-refractivity contribution in [1.82, 2.24) is 0 Å². The minimum absolute atomic E-state index is 0.153. The summed E-state index contributed by atoms with van der Waals surface area (Å²) in [4.78, 5) is 25.4. The monoisotopic (exact) mass is 352 g/mol. The van der Waals surface area contributed by atoms with Gasteiger partial charge < -0.3 is 9.47 Å². The molecule has 0 atom stereocenters. The zero-order chi connectivity index (χ0) is 18.5. The summed E-state index contributed by atoms with van der Waals surface area (Å²) in [5, 5.41) is 0. The van der Waals surface area contributed by atoms with Crippen LogP contribution in [0.3, 0.4) is 0 Å². The lowest BCUT2D eigenvalue weighted by molar-refractivity contribution is -0.143. The third-order valence-corrected chi connectivity index (χ3v) is 4.80. The van der Waals surface area contributed by atoms with Gasteiger partial charge in [-0.3, -0.25) is 0 Å². The number of hydrogen-bond acceptors (Lipinski definition) is 4. The van der Waals surface area contributed by atoms with Crippen LogP contribution in [0, 0.1) is 5.92 Å². The molecule has 0 unspecified atom stereocenters. The lowest BCUT2D eigenvalue weighted by Crippen LogP contribution is -2.22. The Morgan fingerprint density at radius 2 is 1.32 bits per heavy atom. The Bertz CT molecular complexity index is 433. The third-order valence-electron chi connectivity index (χ3n) is 4.80. The van der Waals surface area contributed by atoms with Crippen molar-refractivity contribution in [2.24, 2.45) is 5.92 Å². The number of ether oxygens (including phenoxy) is 2. The molecule has 1 fully saturated rings. The van der Waals surface area contributed by atoms with Crippen LogP contribution in [0.2, 0.25) is 0 Å². The predicted octanol–water partition coefficient (Wildman–Crippen LogP) is 5.35. The van der Waals surface area contributed by atoms with Crippen LogP contribution in [0.4, 0.5) is 0 Å². The van der Waals surface area contributed by atoms with E-state index in [1.165, 1.54) is 0 Å². The number of rotatable bonds is 12. The van der Waals surface area contributed by atoms with E-state index in [2.05, 4.69) is 20.8 Å². The van der Waals surface area contributed by atoms with Crippen molar-refractivity contribution in [3.05, 3.63) is 11.1 Å². The van der Waals surface area contributed by atoms with Gasteiger partial charge in [0.25, 0.3) is 0 Å². The van der Waals surface area contributed by atoms with Gasteiger partial charge in [0, 0.05) is 5.57 Å². The first kappa shape index (κ1) is 21.7. The van der Waals surface area contributed by atoms with Crippen LogP contribution in [-0.2, 0) is 19.1 Å². The van der Waals surface area contributed by atoms with E-state index in [0.29, 0.717) is 30.8 Å². The van der Waals surface area contributed by atoms with E-state index in [1.807, 2.05) is 0 Å². The number of hydrogen-bond donors (Lipinski definition) is 0. The highest BCUT2D eigenvalue weighted by molar-refractivity contribution is 6.00. The van der Waals surface area contributed by atoms with Gasteiger partial charge >= 0.3 is 11.9 Å². The lowest BCUT2D eigenvalue weighted by atomic mass is 9.90. The van der Waals surface area contributed by atoms with E-state index >= 15 is 0 Å². The first-order chi connectivity index (χ1) is 12.2. The fourth-order valence-corrected chi connectivity index (χ4v) is 3.23. The second-order valence-corrected chi connectivity index (χ2v) is 6.96. The summed E-state index contributed by atoms with van der Waals surface area (Å²) in [5.74, 6) is -0.449. The van der Waals surface area contributed by atoms with E-state index < -0.39 is 0 Å². The van der Waals surface area contributed by atoms with Gasteiger partial charge in [-0.1, -0.05) is 52.9 Å².